The second-order valence-corrected chi connectivity index (χ2v) is 5.65. The Hall–Kier alpha value is -1.09. The van der Waals surface area contributed by atoms with Crippen molar-refractivity contribution in [2.45, 2.75) is 58.2 Å². The van der Waals surface area contributed by atoms with Gasteiger partial charge in [0.1, 0.15) is 5.82 Å². The molecule has 0 spiro atoms. The number of aryl methyl sites for hydroxylation is 1. The van der Waals surface area contributed by atoms with E-state index in [1.165, 1.54) is 37.1 Å². The predicted octanol–water partition coefficient (Wildman–Crippen LogP) is 2.63. The van der Waals surface area contributed by atoms with E-state index in [0.717, 1.165) is 30.9 Å². The van der Waals surface area contributed by atoms with Crippen molar-refractivity contribution in [2.75, 3.05) is 11.4 Å². The number of aromatic nitrogens is 1. The first-order chi connectivity index (χ1) is 8.76. The van der Waals surface area contributed by atoms with Gasteiger partial charge in [-0.05, 0) is 57.2 Å². The molecule has 0 unspecified atom stereocenters. The molecule has 3 heteroatoms. The zero-order valence-corrected chi connectivity index (χ0v) is 11.4. The van der Waals surface area contributed by atoms with Crippen molar-refractivity contribution in [3.05, 3.63) is 23.4 Å². The Morgan fingerprint density at radius 1 is 1.28 bits per heavy atom. The van der Waals surface area contributed by atoms with Crippen LogP contribution in [0, 0.1) is 6.92 Å². The van der Waals surface area contributed by atoms with E-state index in [1.807, 2.05) is 0 Å². The highest BCUT2D eigenvalue weighted by molar-refractivity contribution is 5.45. The summed E-state index contributed by atoms with van der Waals surface area (Å²) in [4.78, 5) is 7.16. The molecule has 1 aromatic rings. The van der Waals surface area contributed by atoms with Crippen LogP contribution in [0.4, 0.5) is 5.82 Å². The van der Waals surface area contributed by atoms with E-state index in [4.69, 9.17) is 4.98 Å². The van der Waals surface area contributed by atoms with Gasteiger partial charge in [0.25, 0.3) is 0 Å². The van der Waals surface area contributed by atoms with E-state index in [2.05, 4.69) is 36.2 Å². The van der Waals surface area contributed by atoms with Crippen LogP contribution < -0.4 is 10.2 Å². The lowest BCUT2D eigenvalue weighted by atomic mass is 10.2. The quantitative estimate of drug-likeness (QED) is 0.835. The maximum absolute atomic E-state index is 4.71. The molecule has 0 atom stereocenters. The second-order valence-electron chi connectivity index (χ2n) is 5.65. The van der Waals surface area contributed by atoms with Crippen LogP contribution >= 0.6 is 0 Å². The van der Waals surface area contributed by atoms with Crippen molar-refractivity contribution in [2.24, 2.45) is 0 Å². The van der Waals surface area contributed by atoms with Crippen molar-refractivity contribution in [3.63, 3.8) is 0 Å². The molecule has 0 aliphatic heterocycles. The van der Waals surface area contributed by atoms with Gasteiger partial charge in [0.15, 0.2) is 0 Å². The van der Waals surface area contributed by atoms with Gasteiger partial charge < -0.3 is 10.2 Å². The first kappa shape index (κ1) is 12.0. The van der Waals surface area contributed by atoms with Gasteiger partial charge >= 0.3 is 0 Å². The number of rotatable bonds is 6. The molecule has 2 aliphatic carbocycles. The van der Waals surface area contributed by atoms with Gasteiger partial charge in [0.2, 0.25) is 0 Å². The molecular formula is C15H23N3. The molecule has 1 N–H and O–H groups in total. The van der Waals surface area contributed by atoms with Crippen molar-refractivity contribution in [3.8, 4) is 0 Å². The number of hydrogen-bond donors (Lipinski definition) is 1. The summed E-state index contributed by atoms with van der Waals surface area (Å²) < 4.78 is 0. The minimum absolute atomic E-state index is 0.744. The van der Waals surface area contributed by atoms with Gasteiger partial charge in [-0.25, -0.2) is 4.98 Å². The second kappa shape index (κ2) is 4.88. The van der Waals surface area contributed by atoms with E-state index in [1.54, 1.807) is 0 Å². The summed E-state index contributed by atoms with van der Waals surface area (Å²) in [5.41, 5.74) is 2.52. The van der Waals surface area contributed by atoms with Gasteiger partial charge in [0.05, 0.1) is 0 Å². The first-order valence-electron chi connectivity index (χ1n) is 7.24. The summed E-state index contributed by atoms with van der Waals surface area (Å²) in [5, 5.41) is 3.58. The highest BCUT2D eigenvalue weighted by Gasteiger charge is 2.29. The summed E-state index contributed by atoms with van der Waals surface area (Å²) in [7, 11) is 0. The Morgan fingerprint density at radius 3 is 2.67 bits per heavy atom. The average Bonchev–Trinajstić information content (AvgIpc) is 3.21. The fourth-order valence-electron chi connectivity index (χ4n) is 2.51. The van der Waals surface area contributed by atoms with Crippen molar-refractivity contribution < 1.29 is 0 Å². The molecule has 0 amide bonds. The van der Waals surface area contributed by atoms with Gasteiger partial charge in [0, 0.05) is 30.9 Å². The molecule has 3 rings (SSSR count). The average molecular weight is 245 g/mol. The third-order valence-electron chi connectivity index (χ3n) is 3.79. The van der Waals surface area contributed by atoms with E-state index < -0.39 is 0 Å². The fraction of sp³-hybridized carbons (Fsp3) is 0.667. The standard InChI is InChI=1S/C15H23N3/c1-3-18(14-6-7-14)15-9-12(8-11(2)17-15)10-16-13-4-5-13/h8-9,13-14,16H,3-7,10H2,1-2H3. The molecule has 2 aliphatic rings. The van der Waals surface area contributed by atoms with E-state index in [9.17, 15) is 0 Å². The molecule has 1 heterocycles. The molecule has 0 radical (unpaired) electrons. The molecule has 0 saturated heterocycles. The Labute approximate surface area is 110 Å². The Bertz CT molecular complexity index is 422. The van der Waals surface area contributed by atoms with Crippen molar-refractivity contribution >= 4 is 5.82 Å². The largest absolute Gasteiger partial charge is 0.354 e. The van der Waals surface area contributed by atoms with Crippen LogP contribution in [0.3, 0.4) is 0 Å². The van der Waals surface area contributed by atoms with Gasteiger partial charge in [-0.2, -0.15) is 0 Å². The van der Waals surface area contributed by atoms with Crippen molar-refractivity contribution in [1.29, 1.82) is 0 Å². The van der Waals surface area contributed by atoms with Crippen LogP contribution in [0.25, 0.3) is 0 Å². The van der Waals surface area contributed by atoms with Crippen molar-refractivity contribution in [1.82, 2.24) is 10.3 Å². The summed E-state index contributed by atoms with van der Waals surface area (Å²) in [6, 6.07) is 5.99. The highest BCUT2D eigenvalue weighted by atomic mass is 15.2. The van der Waals surface area contributed by atoms with Gasteiger partial charge in [-0.3, -0.25) is 0 Å². The topological polar surface area (TPSA) is 28.2 Å². The lowest BCUT2D eigenvalue weighted by Crippen LogP contribution is -2.26. The monoisotopic (exact) mass is 245 g/mol. The third kappa shape index (κ3) is 2.83. The SMILES string of the molecule is CCN(c1cc(CNC2CC2)cc(C)n1)C1CC1. The molecule has 98 valence electrons. The minimum atomic E-state index is 0.744. The zero-order valence-electron chi connectivity index (χ0n) is 11.4. The van der Waals surface area contributed by atoms with E-state index >= 15 is 0 Å². The molecule has 2 fully saturated rings. The lowest BCUT2D eigenvalue weighted by molar-refractivity contribution is 0.685. The Morgan fingerprint density at radius 2 is 2.06 bits per heavy atom. The molecule has 0 bridgehead atoms. The normalized spacial score (nSPS) is 19.0. The number of nitrogens with zero attached hydrogens (tertiary/aromatic N) is 2. The predicted molar refractivity (Wildman–Crippen MR) is 74.9 cm³/mol. The summed E-state index contributed by atoms with van der Waals surface area (Å²) >= 11 is 0. The third-order valence-corrected chi connectivity index (χ3v) is 3.79. The van der Waals surface area contributed by atoms with E-state index in [0.29, 0.717) is 0 Å². The number of anilines is 1. The summed E-state index contributed by atoms with van der Waals surface area (Å²) in [5.74, 6) is 1.17. The summed E-state index contributed by atoms with van der Waals surface area (Å²) in [6.45, 7) is 6.38. The van der Waals surface area contributed by atoms with Crippen LogP contribution in [0.1, 0.15) is 43.9 Å². The minimum Gasteiger partial charge on any atom is -0.354 e. The van der Waals surface area contributed by atoms with Crippen LogP contribution in [0.2, 0.25) is 0 Å². The maximum atomic E-state index is 4.71. The van der Waals surface area contributed by atoms with E-state index in [-0.39, 0.29) is 0 Å². The van der Waals surface area contributed by atoms with Crippen LogP contribution in [-0.4, -0.2) is 23.6 Å². The van der Waals surface area contributed by atoms with Crippen LogP contribution in [-0.2, 0) is 6.54 Å². The maximum Gasteiger partial charge on any atom is 0.129 e. The molecule has 2 saturated carbocycles. The molecule has 1 aromatic heterocycles. The lowest BCUT2D eigenvalue weighted by Gasteiger charge is -2.22. The molecular weight excluding hydrogens is 222 g/mol. The molecule has 0 aromatic carbocycles. The number of nitrogens with one attached hydrogen (secondary N) is 1. The van der Waals surface area contributed by atoms with Gasteiger partial charge in [-0.15, -0.1) is 0 Å². The number of pyridine rings is 1. The van der Waals surface area contributed by atoms with Gasteiger partial charge in [-0.1, -0.05) is 0 Å². The first-order valence-corrected chi connectivity index (χ1v) is 7.24. The zero-order chi connectivity index (χ0) is 12.5. The smallest absolute Gasteiger partial charge is 0.129 e. The highest BCUT2D eigenvalue weighted by Crippen LogP contribution is 2.31. The molecule has 3 nitrogen and oxygen atoms in total. The Kier molecular flexibility index (Phi) is 3.25. The molecule has 18 heavy (non-hydrogen) atoms. The summed E-state index contributed by atoms with van der Waals surface area (Å²) in [6.07, 6.45) is 5.36. The Balaban J connectivity index is 1.75. The fourth-order valence-corrected chi connectivity index (χ4v) is 2.51. The van der Waals surface area contributed by atoms with Crippen LogP contribution in [0.5, 0.6) is 0 Å². The van der Waals surface area contributed by atoms with Crippen LogP contribution in [0.15, 0.2) is 12.1 Å². The number of hydrogen-bond acceptors (Lipinski definition) is 3.